The van der Waals surface area contributed by atoms with E-state index in [1.165, 1.54) is 173 Å². The molecule has 0 aromatic heterocycles. The van der Waals surface area contributed by atoms with Crippen LogP contribution in [-0.2, 0) is 14.3 Å². The van der Waals surface area contributed by atoms with E-state index in [-0.39, 0.29) is 5.97 Å². The van der Waals surface area contributed by atoms with Gasteiger partial charge in [0.1, 0.15) is 0 Å². The normalized spacial score (nSPS) is 10.9. The fourth-order valence-corrected chi connectivity index (χ4v) is 5.40. The van der Waals surface area contributed by atoms with Crippen LogP contribution in [-0.4, -0.2) is 25.8 Å². The van der Waals surface area contributed by atoms with Crippen LogP contribution in [0.2, 0.25) is 0 Å². The van der Waals surface area contributed by atoms with Crippen molar-refractivity contribution in [2.75, 3.05) is 19.8 Å². The molecule has 0 aliphatic heterocycles. The molecule has 0 aromatic carbocycles. The maximum absolute atomic E-state index is 11.9. The zero-order valence-electron chi connectivity index (χ0n) is 29.1. The molecule has 0 atom stereocenters. The summed E-state index contributed by atoms with van der Waals surface area (Å²) in [5, 5.41) is 0. The first kappa shape index (κ1) is 42.6. The number of rotatable bonds is 33. The SMILES string of the molecule is CCCCCCCCCCCCCCCCCC(=O)OCCCCCCCCCCCCCCCC.CCOCC. The summed E-state index contributed by atoms with van der Waals surface area (Å²) < 4.78 is 10.3. The van der Waals surface area contributed by atoms with Crippen LogP contribution < -0.4 is 0 Å². The lowest BCUT2D eigenvalue weighted by Gasteiger charge is -2.06. The molecule has 0 saturated heterocycles. The highest BCUT2D eigenvalue weighted by Gasteiger charge is 2.03. The van der Waals surface area contributed by atoms with Gasteiger partial charge < -0.3 is 9.47 Å². The second kappa shape index (κ2) is 41.6. The highest BCUT2D eigenvalue weighted by molar-refractivity contribution is 5.69. The average Bonchev–Trinajstić information content (AvgIpc) is 2.98. The van der Waals surface area contributed by atoms with Crippen LogP contribution in [0.4, 0.5) is 0 Å². The van der Waals surface area contributed by atoms with Crippen LogP contribution in [0.5, 0.6) is 0 Å². The van der Waals surface area contributed by atoms with E-state index in [1.54, 1.807) is 0 Å². The number of ether oxygens (including phenoxy) is 2. The van der Waals surface area contributed by atoms with E-state index in [9.17, 15) is 4.79 Å². The van der Waals surface area contributed by atoms with Crippen LogP contribution >= 0.6 is 0 Å². The number of hydrogen-bond donors (Lipinski definition) is 0. The Hall–Kier alpha value is -0.570. The van der Waals surface area contributed by atoms with Crippen molar-refractivity contribution < 1.29 is 14.3 Å². The van der Waals surface area contributed by atoms with Crippen LogP contribution in [0.15, 0.2) is 0 Å². The molecule has 0 fully saturated rings. The summed E-state index contributed by atoms with van der Waals surface area (Å²) in [6.45, 7) is 10.9. The van der Waals surface area contributed by atoms with E-state index in [0.29, 0.717) is 13.0 Å². The predicted molar refractivity (Wildman–Crippen MR) is 183 cm³/mol. The molecule has 0 bridgehead atoms. The molecule has 41 heavy (non-hydrogen) atoms. The van der Waals surface area contributed by atoms with Gasteiger partial charge in [0.25, 0.3) is 0 Å². The lowest BCUT2D eigenvalue weighted by molar-refractivity contribution is -0.143. The fraction of sp³-hybridized carbons (Fsp3) is 0.974. The van der Waals surface area contributed by atoms with E-state index in [4.69, 9.17) is 9.47 Å². The molecular weight excluding hydrogens is 504 g/mol. The standard InChI is InChI=1S/C34H68O2.C4H10O/c1-3-5-7-9-11-13-15-17-19-20-22-24-26-28-30-32-34(35)36-33-31-29-27-25-23-21-18-16-14-12-10-8-6-4-2;1-3-5-4-2/h3-33H2,1-2H3;3-4H2,1-2H3. The van der Waals surface area contributed by atoms with Gasteiger partial charge in [-0.3, -0.25) is 4.79 Å². The monoisotopic (exact) mass is 583 g/mol. The van der Waals surface area contributed by atoms with Gasteiger partial charge in [0.15, 0.2) is 0 Å². The van der Waals surface area contributed by atoms with E-state index in [0.717, 1.165) is 26.1 Å². The highest BCUT2D eigenvalue weighted by Crippen LogP contribution is 2.15. The minimum Gasteiger partial charge on any atom is -0.466 e. The van der Waals surface area contributed by atoms with Gasteiger partial charge in [-0.1, -0.05) is 187 Å². The van der Waals surface area contributed by atoms with Crippen molar-refractivity contribution in [3.8, 4) is 0 Å². The van der Waals surface area contributed by atoms with Crippen molar-refractivity contribution in [3.05, 3.63) is 0 Å². The number of esters is 1. The molecule has 0 unspecified atom stereocenters. The molecule has 0 saturated carbocycles. The molecule has 0 aliphatic rings. The average molecular weight is 583 g/mol. The molecule has 0 aliphatic carbocycles. The summed E-state index contributed by atoms with van der Waals surface area (Å²) in [7, 11) is 0. The maximum atomic E-state index is 11.9. The fourth-order valence-electron chi connectivity index (χ4n) is 5.40. The molecule has 3 nitrogen and oxygen atoms in total. The van der Waals surface area contributed by atoms with Crippen molar-refractivity contribution in [1.29, 1.82) is 0 Å². The zero-order valence-corrected chi connectivity index (χ0v) is 29.1. The summed E-state index contributed by atoms with van der Waals surface area (Å²) in [6, 6.07) is 0. The number of unbranched alkanes of at least 4 members (excludes halogenated alkanes) is 27. The van der Waals surface area contributed by atoms with Crippen LogP contribution in [0.3, 0.4) is 0 Å². The molecule has 0 N–H and O–H groups in total. The Kier molecular flexibility index (Phi) is 43.1. The topological polar surface area (TPSA) is 35.5 Å². The number of hydrogen-bond acceptors (Lipinski definition) is 3. The van der Waals surface area contributed by atoms with Crippen LogP contribution in [0, 0.1) is 0 Å². The summed E-state index contributed by atoms with van der Waals surface area (Å²) >= 11 is 0. The smallest absolute Gasteiger partial charge is 0.305 e. The Labute approximate surface area is 260 Å². The molecule has 3 heteroatoms. The first-order valence-corrected chi connectivity index (χ1v) is 19.0. The van der Waals surface area contributed by atoms with Gasteiger partial charge in [-0.15, -0.1) is 0 Å². The van der Waals surface area contributed by atoms with Crippen molar-refractivity contribution in [1.82, 2.24) is 0 Å². The van der Waals surface area contributed by atoms with Crippen molar-refractivity contribution in [2.45, 2.75) is 220 Å². The van der Waals surface area contributed by atoms with E-state index >= 15 is 0 Å². The first-order chi connectivity index (χ1) is 20.2. The van der Waals surface area contributed by atoms with Gasteiger partial charge >= 0.3 is 5.97 Å². The van der Waals surface area contributed by atoms with E-state index in [2.05, 4.69) is 13.8 Å². The Balaban J connectivity index is 0. The van der Waals surface area contributed by atoms with Gasteiger partial charge in [-0.25, -0.2) is 0 Å². The summed E-state index contributed by atoms with van der Waals surface area (Å²) in [5.41, 5.74) is 0. The molecule has 0 rings (SSSR count). The Bertz CT molecular complexity index is 413. The van der Waals surface area contributed by atoms with Gasteiger partial charge in [-0.05, 0) is 26.7 Å². The number of carbonyl (C=O) groups excluding carboxylic acids is 1. The quantitative estimate of drug-likeness (QED) is 0.0570. The van der Waals surface area contributed by atoms with E-state index in [1.807, 2.05) is 13.8 Å². The molecule has 0 heterocycles. The Morgan fingerprint density at radius 2 is 0.634 bits per heavy atom. The number of carbonyl (C=O) groups is 1. The van der Waals surface area contributed by atoms with Gasteiger partial charge in [0.2, 0.25) is 0 Å². The van der Waals surface area contributed by atoms with Gasteiger partial charge in [0, 0.05) is 19.6 Å². The highest BCUT2D eigenvalue weighted by atomic mass is 16.5. The molecule has 0 radical (unpaired) electrons. The third-order valence-electron chi connectivity index (χ3n) is 8.15. The van der Waals surface area contributed by atoms with E-state index < -0.39 is 0 Å². The van der Waals surface area contributed by atoms with Crippen LogP contribution in [0.25, 0.3) is 0 Å². The second-order valence-corrected chi connectivity index (χ2v) is 12.3. The predicted octanol–water partition coefficient (Wildman–Crippen LogP) is 13.3. The molecule has 0 aromatic rings. The molecule has 0 spiro atoms. The summed E-state index contributed by atoms with van der Waals surface area (Å²) in [4.78, 5) is 11.9. The van der Waals surface area contributed by atoms with Crippen LogP contribution in [0.1, 0.15) is 220 Å². The van der Waals surface area contributed by atoms with Crippen molar-refractivity contribution in [2.24, 2.45) is 0 Å². The lowest BCUT2D eigenvalue weighted by atomic mass is 10.0. The maximum Gasteiger partial charge on any atom is 0.305 e. The van der Waals surface area contributed by atoms with Gasteiger partial charge in [0.05, 0.1) is 6.61 Å². The molecule has 0 amide bonds. The van der Waals surface area contributed by atoms with Crippen molar-refractivity contribution in [3.63, 3.8) is 0 Å². The second-order valence-electron chi connectivity index (χ2n) is 12.3. The Morgan fingerprint density at radius 1 is 0.366 bits per heavy atom. The lowest BCUT2D eigenvalue weighted by Crippen LogP contribution is -2.05. The largest absolute Gasteiger partial charge is 0.466 e. The summed E-state index contributed by atoms with van der Waals surface area (Å²) in [6.07, 6.45) is 40.1. The minimum absolute atomic E-state index is 0.0272. The third-order valence-corrected chi connectivity index (χ3v) is 8.15. The Morgan fingerprint density at radius 3 is 0.902 bits per heavy atom. The zero-order chi connectivity index (χ0) is 30.3. The third kappa shape index (κ3) is 44.0. The summed E-state index contributed by atoms with van der Waals surface area (Å²) in [5.74, 6) is 0.0272. The molecule has 248 valence electrons. The van der Waals surface area contributed by atoms with Gasteiger partial charge in [-0.2, -0.15) is 0 Å². The van der Waals surface area contributed by atoms with Crippen molar-refractivity contribution >= 4 is 5.97 Å². The first-order valence-electron chi connectivity index (χ1n) is 19.0. The molecular formula is C38H78O3. The minimum atomic E-state index is 0.0272.